The van der Waals surface area contributed by atoms with E-state index in [2.05, 4.69) is 4.98 Å². The van der Waals surface area contributed by atoms with E-state index in [1.54, 1.807) is 6.07 Å². The molecular formula is C22H20F3NO. The van der Waals surface area contributed by atoms with Crippen LogP contribution >= 0.6 is 0 Å². The van der Waals surface area contributed by atoms with Crippen LogP contribution in [0.3, 0.4) is 0 Å². The Hall–Kier alpha value is -2.40. The molecule has 0 spiro atoms. The molecule has 4 rings (SSSR count). The Morgan fingerprint density at radius 1 is 0.963 bits per heavy atom. The van der Waals surface area contributed by atoms with E-state index >= 15 is 0 Å². The molecule has 2 nitrogen and oxygen atoms in total. The lowest BCUT2D eigenvalue weighted by Gasteiger charge is -2.17. The molecule has 2 aromatic carbocycles. The first-order valence-corrected chi connectivity index (χ1v) is 9.19. The van der Waals surface area contributed by atoms with Crippen LogP contribution in [-0.2, 0) is 17.5 Å². The minimum Gasteiger partial charge on any atom is -0.373 e. The molecule has 5 heteroatoms. The third-order valence-electron chi connectivity index (χ3n) is 5.12. The summed E-state index contributed by atoms with van der Waals surface area (Å²) in [5.41, 5.74) is 1.73. The number of benzene rings is 2. The highest BCUT2D eigenvalue weighted by molar-refractivity contribution is 5.97. The van der Waals surface area contributed by atoms with Crippen molar-refractivity contribution in [2.45, 2.75) is 44.6 Å². The third-order valence-corrected chi connectivity index (χ3v) is 5.12. The monoisotopic (exact) mass is 371 g/mol. The zero-order valence-electron chi connectivity index (χ0n) is 14.8. The normalized spacial score (nSPS) is 15.5. The van der Waals surface area contributed by atoms with E-state index in [0.29, 0.717) is 12.0 Å². The molecule has 1 aromatic heterocycles. The molecule has 1 aliphatic carbocycles. The van der Waals surface area contributed by atoms with Crippen LogP contribution in [0.1, 0.15) is 36.8 Å². The molecular weight excluding hydrogens is 351 g/mol. The SMILES string of the molecule is FC(F)(F)c1cccc2c(-c3ccccc3)c(COC3CCCC3)cnc12. The second-order valence-corrected chi connectivity index (χ2v) is 6.94. The van der Waals surface area contributed by atoms with Crippen molar-refractivity contribution in [3.8, 4) is 11.1 Å². The van der Waals surface area contributed by atoms with Gasteiger partial charge in [0.1, 0.15) is 0 Å². The largest absolute Gasteiger partial charge is 0.418 e. The highest BCUT2D eigenvalue weighted by atomic mass is 19.4. The van der Waals surface area contributed by atoms with Crippen molar-refractivity contribution < 1.29 is 17.9 Å². The molecule has 1 saturated carbocycles. The average Bonchev–Trinajstić information content (AvgIpc) is 3.19. The number of hydrogen-bond donors (Lipinski definition) is 0. The first-order chi connectivity index (χ1) is 13.0. The van der Waals surface area contributed by atoms with Crippen LogP contribution < -0.4 is 0 Å². The summed E-state index contributed by atoms with van der Waals surface area (Å²) in [4.78, 5) is 4.18. The smallest absolute Gasteiger partial charge is 0.373 e. The van der Waals surface area contributed by atoms with Crippen LogP contribution in [0.15, 0.2) is 54.7 Å². The standard InChI is InChI=1S/C22H20F3NO/c23-22(24,25)19-12-6-11-18-20(15-7-2-1-3-8-15)16(13-26-21(18)19)14-27-17-9-4-5-10-17/h1-3,6-8,11-13,17H,4-5,9-10,14H2. The first-order valence-electron chi connectivity index (χ1n) is 9.19. The quantitative estimate of drug-likeness (QED) is 0.531. The maximum Gasteiger partial charge on any atom is 0.418 e. The van der Waals surface area contributed by atoms with Gasteiger partial charge in [0.15, 0.2) is 0 Å². The molecule has 1 fully saturated rings. The Balaban J connectivity index is 1.85. The Morgan fingerprint density at radius 3 is 2.41 bits per heavy atom. The molecule has 0 radical (unpaired) electrons. The molecule has 0 atom stereocenters. The molecule has 140 valence electrons. The van der Waals surface area contributed by atoms with Crippen LogP contribution in [0.2, 0.25) is 0 Å². The molecule has 0 amide bonds. The first kappa shape index (κ1) is 18.0. The molecule has 0 unspecified atom stereocenters. The number of para-hydroxylation sites is 1. The van der Waals surface area contributed by atoms with Gasteiger partial charge < -0.3 is 4.74 Å². The van der Waals surface area contributed by atoms with E-state index < -0.39 is 11.7 Å². The molecule has 27 heavy (non-hydrogen) atoms. The van der Waals surface area contributed by atoms with Crippen molar-refractivity contribution >= 4 is 10.9 Å². The number of alkyl halides is 3. The van der Waals surface area contributed by atoms with Gasteiger partial charge in [0.25, 0.3) is 0 Å². The average molecular weight is 371 g/mol. The summed E-state index contributed by atoms with van der Waals surface area (Å²) in [7, 11) is 0. The second kappa shape index (κ2) is 7.31. The van der Waals surface area contributed by atoms with Gasteiger partial charge in [0.05, 0.1) is 23.8 Å². The molecule has 0 N–H and O–H groups in total. The number of rotatable bonds is 4. The molecule has 0 saturated heterocycles. The maximum absolute atomic E-state index is 13.4. The fourth-order valence-corrected chi connectivity index (χ4v) is 3.81. The Kier molecular flexibility index (Phi) is 4.87. The van der Waals surface area contributed by atoms with Gasteiger partial charge in [-0.05, 0) is 30.0 Å². The van der Waals surface area contributed by atoms with E-state index in [9.17, 15) is 13.2 Å². The highest BCUT2D eigenvalue weighted by Crippen LogP contribution is 2.38. The van der Waals surface area contributed by atoms with Crippen LogP contribution in [0.25, 0.3) is 22.0 Å². The molecule has 0 aliphatic heterocycles. The third kappa shape index (κ3) is 3.69. The molecule has 1 heterocycles. The topological polar surface area (TPSA) is 22.1 Å². The van der Waals surface area contributed by atoms with E-state index in [1.165, 1.54) is 25.1 Å². The lowest BCUT2D eigenvalue weighted by atomic mass is 9.95. The van der Waals surface area contributed by atoms with Crippen molar-refractivity contribution in [2.24, 2.45) is 0 Å². The van der Waals surface area contributed by atoms with E-state index in [4.69, 9.17) is 4.74 Å². The fourth-order valence-electron chi connectivity index (χ4n) is 3.81. The summed E-state index contributed by atoms with van der Waals surface area (Å²) >= 11 is 0. The summed E-state index contributed by atoms with van der Waals surface area (Å²) < 4.78 is 46.4. The Bertz CT molecular complexity index is 931. The van der Waals surface area contributed by atoms with Gasteiger partial charge in [0.2, 0.25) is 0 Å². The van der Waals surface area contributed by atoms with E-state index in [-0.39, 0.29) is 11.6 Å². The van der Waals surface area contributed by atoms with Crippen molar-refractivity contribution in [3.63, 3.8) is 0 Å². The van der Waals surface area contributed by atoms with Gasteiger partial charge >= 0.3 is 6.18 Å². The van der Waals surface area contributed by atoms with Crippen LogP contribution in [0.5, 0.6) is 0 Å². The zero-order valence-corrected chi connectivity index (χ0v) is 14.8. The number of pyridine rings is 1. The number of hydrogen-bond acceptors (Lipinski definition) is 2. The fraction of sp³-hybridized carbons (Fsp3) is 0.318. The minimum atomic E-state index is -4.44. The van der Waals surface area contributed by atoms with Gasteiger partial charge in [-0.2, -0.15) is 13.2 Å². The maximum atomic E-state index is 13.4. The Morgan fingerprint density at radius 2 is 1.70 bits per heavy atom. The van der Waals surface area contributed by atoms with Crippen molar-refractivity contribution in [1.29, 1.82) is 0 Å². The van der Waals surface area contributed by atoms with E-state index in [1.807, 2.05) is 30.3 Å². The van der Waals surface area contributed by atoms with Crippen molar-refractivity contribution in [2.75, 3.05) is 0 Å². The van der Waals surface area contributed by atoms with Crippen molar-refractivity contribution in [3.05, 3.63) is 65.9 Å². The lowest BCUT2D eigenvalue weighted by molar-refractivity contribution is -0.136. The number of halogens is 3. The number of ether oxygens (including phenoxy) is 1. The van der Waals surface area contributed by atoms with Crippen LogP contribution in [0.4, 0.5) is 13.2 Å². The Labute approximate surface area is 156 Å². The number of fused-ring (bicyclic) bond motifs is 1. The minimum absolute atomic E-state index is 0.0199. The molecule has 1 aliphatic rings. The predicted molar refractivity (Wildman–Crippen MR) is 99.2 cm³/mol. The zero-order chi connectivity index (χ0) is 18.9. The van der Waals surface area contributed by atoms with Crippen LogP contribution in [0, 0.1) is 0 Å². The summed E-state index contributed by atoms with van der Waals surface area (Å²) in [5, 5.41) is 0.503. The van der Waals surface area contributed by atoms with E-state index in [0.717, 1.165) is 35.6 Å². The summed E-state index contributed by atoms with van der Waals surface area (Å²) in [6, 6.07) is 13.7. The summed E-state index contributed by atoms with van der Waals surface area (Å²) in [5.74, 6) is 0. The van der Waals surface area contributed by atoms with Gasteiger partial charge in [0, 0.05) is 17.1 Å². The van der Waals surface area contributed by atoms with Gasteiger partial charge in [-0.15, -0.1) is 0 Å². The summed E-state index contributed by atoms with van der Waals surface area (Å²) in [6.45, 7) is 0.355. The number of aromatic nitrogens is 1. The second-order valence-electron chi connectivity index (χ2n) is 6.94. The molecule has 0 bridgehead atoms. The number of nitrogens with zero attached hydrogens (tertiary/aromatic N) is 1. The van der Waals surface area contributed by atoms with Crippen molar-refractivity contribution in [1.82, 2.24) is 4.98 Å². The predicted octanol–water partition coefficient (Wildman–Crippen LogP) is 6.38. The van der Waals surface area contributed by atoms with Gasteiger partial charge in [-0.3, -0.25) is 4.98 Å². The van der Waals surface area contributed by atoms with Crippen LogP contribution in [-0.4, -0.2) is 11.1 Å². The summed E-state index contributed by atoms with van der Waals surface area (Å²) in [6.07, 6.45) is 1.74. The van der Waals surface area contributed by atoms with Gasteiger partial charge in [-0.25, -0.2) is 0 Å². The lowest BCUT2D eigenvalue weighted by Crippen LogP contribution is -2.10. The molecule has 3 aromatic rings. The highest BCUT2D eigenvalue weighted by Gasteiger charge is 2.33. The van der Waals surface area contributed by atoms with Gasteiger partial charge in [-0.1, -0.05) is 55.3 Å².